The van der Waals surface area contributed by atoms with E-state index in [0.717, 1.165) is 4.90 Å². The first-order valence-electron chi connectivity index (χ1n) is 6.57. The molecule has 6 nitrogen and oxygen atoms in total. The lowest BCUT2D eigenvalue weighted by atomic mass is 10.3. The topological polar surface area (TPSA) is 98.5 Å². The molecule has 3 N–H and O–H groups in total. The Morgan fingerprint density at radius 3 is 2.61 bits per heavy atom. The van der Waals surface area contributed by atoms with Gasteiger partial charge in [0.25, 0.3) is 11.8 Å². The molecule has 0 aliphatic carbocycles. The number of anilines is 1. The highest BCUT2D eigenvalue weighted by atomic mass is 32.2. The van der Waals surface area contributed by atoms with Crippen LogP contribution in [0.4, 0.5) is 5.00 Å². The van der Waals surface area contributed by atoms with Gasteiger partial charge in [-0.25, -0.2) is 0 Å². The Balaban J connectivity index is 1.74. The van der Waals surface area contributed by atoms with Crippen molar-refractivity contribution in [2.45, 2.75) is 4.90 Å². The molecule has 1 heterocycles. The third-order valence-electron chi connectivity index (χ3n) is 2.65. The molecule has 1 aromatic carbocycles. The maximum atomic E-state index is 11.7. The molecule has 120 valence electrons. The highest BCUT2D eigenvalue weighted by Gasteiger charge is 2.14. The fourth-order valence-corrected chi connectivity index (χ4v) is 3.14. The van der Waals surface area contributed by atoms with E-state index in [2.05, 4.69) is 5.32 Å². The fraction of sp³-hybridized carbons (Fsp3) is 0.133. The normalized spacial score (nSPS) is 10.1. The standard InChI is InChI=1S/C15H14N2O4S2/c16-14(20)11-6-7-22-15(11)17-12(18)8-21-13(19)9-23-10-4-2-1-3-5-10/h1-7H,8-9H2,(H2,16,20)(H,17,18). The summed E-state index contributed by atoms with van der Waals surface area (Å²) < 4.78 is 4.89. The first-order valence-corrected chi connectivity index (χ1v) is 8.43. The van der Waals surface area contributed by atoms with Crippen molar-refractivity contribution in [2.75, 3.05) is 17.7 Å². The Bertz CT molecular complexity index is 701. The first kappa shape index (κ1) is 17.0. The lowest BCUT2D eigenvalue weighted by Crippen LogP contribution is -2.22. The lowest BCUT2D eigenvalue weighted by Gasteiger charge is -2.06. The molecule has 2 aromatic rings. The Hall–Kier alpha value is -2.32. The summed E-state index contributed by atoms with van der Waals surface area (Å²) in [7, 11) is 0. The second kappa shape index (κ2) is 8.35. The number of primary amides is 1. The maximum absolute atomic E-state index is 11.7. The van der Waals surface area contributed by atoms with Crippen LogP contribution in [0.1, 0.15) is 10.4 Å². The second-order valence-electron chi connectivity index (χ2n) is 4.34. The largest absolute Gasteiger partial charge is 0.455 e. The Morgan fingerprint density at radius 1 is 1.17 bits per heavy atom. The number of carbonyl (C=O) groups is 3. The number of nitrogens with one attached hydrogen (secondary N) is 1. The van der Waals surface area contributed by atoms with Gasteiger partial charge in [0.15, 0.2) is 6.61 Å². The van der Waals surface area contributed by atoms with Crippen molar-refractivity contribution in [1.82, 2.24) is 0 Å². The van der Waals surface area contributed by atoms with Gasteiger partial charge in [-0.05, 0) is 23.6 Å². The molecule has 0 unspecified atom stereocenters. The minimum Gasteiger partial charge on any atom is -0.455 e. The molecule has 0 aliphatic heterocycles. The van der Waals surface area contributed by atoms with Gasteiger partial charge in [-0.2, -0.15) is 0 Å². The van der Waals surface area contributed by atoms with Crippen molar-refractivity contribution in [3.63, 3.8) is 0 Å². The van der Waals surface area contributed by atoms with Crippen molar-refractivity contribution in [3.8, 4) is 0 Å². The molecular formula is C15H14N2O4S2. The number of hydrogen-bond donors (Lipinski definition) is 2. The van der Waals surface area contributed by atoms with Crippen molar-refractivity contribution < 1.29 is 19.1 Å². The van der Waals surface area contributed by atoms with Crippen LogP contribution in [0, 0.1) is 0 Å². The average Bonchev–Trinajstić information content (AvgIpc) is 3.00. The summed E-state index contributed by atoms with van der Waals surface area (Å²) in [5.74, 6) is -1.52. The van der Waals surface area contributed by atoms with Crippen LogP contribution in [0.3, 0.4) is 0 Å². The summed E-state index contributed by atoms with van der Waals surface area (Å²) in [6.07, 6.45) is 0. The summed E-state index contributed by atoms with van der Waals surface area (Å²) in [5, 5.41) is 4.48. The Kier molecular flexibility index (Phi) is 6.19. The van der Waals surface area contributed by atoms with Gasteiger partial charge in [-0.3, -0.25) is 14.4 Å². The molecule has 1 aromatic heterocycles. The molecule has 23 heavy (non-hydrogen) atoms. The smallest absolute Gasteiger partial charge is 0.316 e. The molecular weight excluding hydrogens is 336 g/mol. The predicted octanol–water partition coefficient (Wildman–Crippen LogP) is 2.12. The first-order chi connectivity index (χ1) is 11.1. The van der Waals surface area contributed by atoms with E-state index in [1.54, 1.807) is 5.38 Å². The summed E-state index contributed by atoms with van der Waals surface area (Å²) in [4.78, 5) is 35.4. The van der Waals surface area contributed by atoms with Crippen molar-refractivity contribution in [2.24, 2.45) is 5.73 Å². The van der Waals surface area contributed by atoms with E-state index in [9.17, 15) is 14.4 Å². The molecule has 0 atom stereocenters. The van der Waals surface area contributed by atoms with Crippen molar-refractivity contribution in [1.29, 1.82) is 0 Å². The molecule has 0 radical (unpaired) electrons. The highest BCUT2D eigenvalue weighted by molar-refractivity contribution is 8.00. The molecule has 0 saturated heterocycles. The minimum absolute atomic E-state index is 0.114. The summed E-state index contributed by atoms with van der Waals surface area (Å²) in [6, 6.07) is 10.9. The van der Waals surface area contributed by atoms with Gasteiger partial charge in [0.2, 0.25) is 0 Å². The molecule has 0 bridgehead atoms. The molecule has 0 fully saturated rings. The predicted molar refractivity (Wildman–Crippen MR) is 89.6 cm³/mol. The number of carbonyl (C=O) groups excluding carboxylic acids is 3. The van der Waals surface area contributed by atoms with Crippen LogP contribution in [0.25, 0.3) is 0 Å². The van der Waals surface area contributed by atoms with Gasteiger partial charge in [-0.15, -0.1) is 23.1 Å². The zero-order valence-electron chi connectivity index (χ0n) is 12.0. The van der Waals surface area contributed by atoms with Crippen molar-refractivity contribution in [3.05, 3.63) is 47.3 Å². The van der Waals surface area contributed by atoms with Crippen LogP contribution >= 0.6 is 23.1 Å². The molecule has 2 rings (SSSR count). The fourth-order valence-electron chi connectivity index (χ4n) is 1.61. The Morgan fingerprint density at radius 2 is 1.91 bits per heavy atom. The van der Waals surface area contributed by atoms with E-state index in [4.69, 9.17) is 10.5 Å². The number of esters is 1. The SMILES string of the molecule is NC(=O)c1ccsc1NC(=O)COC(=O)CSc1ccccc1. The second-order valence-corrected chi connectivity index (χ2v) is 6.30. The monoisotopic (exact) mass is 350 g/mol. The maximum Gasteiger partial charge on any atom is 0.316 e. The number of nitrogens with two attached hydrogens (primary N) is 1. The molecule has 8 heteroatoms. The molecule has 2 amide bonds. The molecule has 0 aliphatic rings. The van der Waals surface area contributed by atoms with Gasteiger partial charge in [-0.1, -0.05) is 18.2 Å². The third kappa shape index (κ3) is 5.42. The number of amides is 2. The van der Waals surface area contributed by atoms with E-state index < -0.39 is 24.4 Å². The highest BCUT2D eigenvalue weighted by Crippen LogP contribution is 2.22. The third-order valence-corrected chi connectivity index (χ3v) is 4.46. The molecule has 0 spiro atoms. The van der Waals surface area contributed by atoms with Gasteiger partial charge in [0.05, 0.1) is 11.3 Å². The minimum atomic E-state index is -0.627. The number of thioether (sulfide) groups is 1. The van der Waals surface area contributed by atoms with Crippen LogP contribution in [0.5, 0.6) is 0 Å². The van der Waals surface area contributed by atoms with E-state index in [1.165, 1.54) is 29.2 Å². The van der Waals surface area contributed by atoms with E-state index in [1.807, 2.05) is 30.3 Å². The van der Waals surface area contributed by atoms with Crippen molar-refractivity contribution >= 4 is 45.9 Å². The van der Waals surface area contributed by atoms with Crippen LogP contribution in [-0.2, 0) is 14.3 Å². The van der Waals surface area contributed by atoms with Crippen LogP contribution in [0.2, 0.25) is 0 Å². The molecule has 0 saturated carbocycles. The van der Waals surface area contributed by atoms with E-state index in [0.29, 0.717) is 5.00 Å². The van der Waals surface area contributed by atoms with Gasteiger partial charge >= 0.3 is 5.97 Å². The lowest BCUT2D eigenvalue weighted by molar-refractivity contribution is -0.144. The number of rotatable bonds is 7. The van der Waals surface area contributed by atoms with Gasteiger partial charge in [0, 0.05) is 4.90 Å². The zero-order chi connectivity index (χ0) is 16.7. The van der Waals surface area contributed by atoms with E-state index in [-0.39, 0.29) is 11.3 Å². The number of hydrogen-bond acceptors (Lipinski definition) is 6. The Labute approximate surface area is 141 Å². The quantitative estimate of drug-likeness (QED) is 0.589. The van der Waals surface area contributed by atoms with E-state index >= 15 is 0 Å². The number of ether oxygens (including phenoxy) is 1. The van der Waals surface area contributed by atoms with Crippen LogP contribution in [-0.4, -0.2) is 30.1 Å². The zero-order valence-corrected chi connectivity index (χ0v) is 13.6. The summed E-state index contributed by atoms with van der Waals surface area (Å²) >= 11 is 2.50. The van der Waals surface area contributed by atoms with Crippen LogP contribution in [0.15, 0.2) is 46.7 Å². The van der Waals surface area contributed by atoms with Gasteiger partial charge < -0.3 is 15.8 Å². The van der Waals surface area contributed by atoms with Crippen LogP contribution < -0.4 is 11.1 Å². The summed E-state index contributed by atoms with van der Waals surface area (Å²) in [5.41, 5.74) is 5.41. The average molecular weight is 350 g/mol. The van der Waals surface area contributed by atoms with Gasteiger partial charge in [0.1, 0.15) is 5.00 Å². The summed E-state index contributed by atoms with van der Waals surface area (Å²) in [6.45, 7) is -0.412. The number of thiophene rings is 1. The number of benzene rings is 1.